The molecule has 1 fully saturated rings. The van der Waals surface area contributed by atoms with Gasteiger partial charge < -0.3 is 33.9 Å². The van der Waals surface area contributed by atoms with E-state index < -0.39 is 52.6 Å². The van der Waals surface area contributed by atoms with Crippen molar-refractivity contribution in [2.75, 3.05) is 49.6 Å². The Morgan fingerprint density at radius 1 is 1.12 bits per heavy atom. The summed E-state index contributed by atoms with van der Waals surface area (Å²) in [6, 6.07) is 3.76. The van der Waals surface area contributed by atoms with Gasteiger partial charge in [-0.25, -0.2) is 4.79 Å². The summed E-state index contributed by atoms with van der Waals surface area (Å²) < 4.78 is 52.5. The summed E-state index contributed by atoms with van der Waals surface area (Å²) in [4.78, 5) is 60.9. The molecule has 0 bridgehead atoms. The molecule has 0 aliphatic carbocycles. The molecule has 0 radical (unpaired) electrons. The quantitative estimate of drug-likeness (QED) is 0.289. The number of aromatic nitrogens is 4. The Labute approximate surface area is 286 Å². The molecule has 2 N–H and O–H groups in total. The molecular formula is C32H31ClF3N7O7. The lowest BCUT2D eigenvalue weighted by Gasteiger charge is -2.36. The number of alkyl halides is 3. The minimum Gasteiger partial charge on any atom is -0.507 e. The number of ether oxygens (including phenoxy) is 1. The zero-order valence-corrected chi connectivity index (χ0v) is 27.6. The van der Waals surface area contributed by atoms with Gasteiger partial charge in [0, 0.05) is 32.2 Å². The molecule has 0 saturated carbocycles. The van der Waals surface area contributed by atoms with E-state index in [0.717, 1.165) is 22.2 Å². The molecule has 2 aliphatic heterocycles. The third-order valence-corrected chi connectivity index (χ3v) is 8.75. The molecule has 1 saturated heterocycles. The highest BCUT2D eigenvalue weighted by atomic mass is 35.5. The summed E-state index contributed by atoms with van der Waals surface area (Å²) in [6.07, 6.45) is -2.07. The number of aromatic hydroxyl groups is 1. The highest BCUT2D eigenvalue weighted by molar-refractivity contribution is 6.33. The second-order valence-corrected chi connectivity index (χ2v) is 12.1. The van der Waals surface area contributed by atoms with Gasteiger partial charge in [0.2, 0.25) is 11.7 Å². The average Bonchev–Trinajstić information content (AvgIpc) is 3.52. The van der Waals surface area contributed by atoms with Crippen LogP contribution in [0.1, 0.15) is 46.5 Å². The molecule has 50 heavy (non-hydrogen) atoms. The Bertz CT molecular complexity index is 2150. The van der Waals surface area contributed by atoms with Crippen LogP contribution in [-0.4, -0.2) is 80.4 Å². The Morgan fingerprint density at radius 3 is 2.48 bits per heavy atom. The predicted octanol–water partition coefficient (Wildman–Crippen LogP) is 3.50. The summed E-state index contributed by atoms with van der Waals surface area (Å²) in [6.45, 7) is 4.06. The predicted molar refractivity (Wildman–Crippen MR) is 175 cm³/mol. The van der Waals surface area contributed by atoms with Crippen molar-refractivity contribution < 1.29 is 37.0 Å². The number of aryl methyl sites for hydroxylation is 1. The maximum absolute atomic E-state index is 14.1. The third-order valence-electron chi connectivity index (χ3n) is 8.43. The van der Waals surface area contributed by atoms with Crippen LogP contribution in [0.25, 0.3) is 11.4 Å². The molecule has 0 unspecified atom stereocenters. The number of hydrogen-bond donors (Lipinski definition) is 2. The first-order chi connectivity index (χ1) is 23.8. The van der Waals surface area contributed by atoms with E-state index in [1.54, 1.807) is 17.9 Å². The van der Waals surface area contributed by atoms with E-state index in [1.807, 2.05) is 0 Å². The number of halogens is 4. The number of anilines is 2. The first-order valence-corrected chi connectivity index (χ1v) is 16.0. The maximum Gasteiger partial charge on any atom is 0.416 e. The number of nitrogens with one attached hydrogen (secondary N) is 1. The number of rotatable bonds is 7. The number of nitrogens with zero attached hydrogens (tertiary/aromatic N) is 6. The van der Waals surface area contributed by atoms with Crippen LogP contribution >= 0.6 is 11.6 Å². The van der Waals surface area contributed by atoms with E-state index in [2.05, 4.69) is 15.4 Å². The van der Waals surface area contributed by atoms with Crippen LogP contribution in [0.2, 0.25) is 5.02 Å². The largest absolute Gasteiger partial charge is 0.507 e. The second-order valence-electron chi connectivity index (χ2n) is 11.7. The van der Waals surface area contributed by atoms with Gasteiger partial charge in [-0.3, -0.25) is 14.4 Å². The van der Waals surface area contributed by atoms with Crippen LogP contribution in [0, 0.1) is 6.92 Å². The number of carbonyl (C=O) groups is 2. The topological polar surface area (TPSA) is 165 Å². The molecule has 4 aromatic rings. The molecular weight excluding hydrogens is 687 g/mol. The van der Waals surface area contributed by atoms with E-state index >= 15 is 0 Å². The van der Waals surface area contributed by atoms with Gasteiger partial charge >= 0.3 is 11.8 Å². The summed E-state index contributed by atoms with van der Waals surface area (Å²) >= 11 is 6.09. The fourth-order valence-corrected chi connectivity index (χ4v) is 6.23. The van der Waals surface area contributed by atoms with Crippen molar-refractivity contribution in [1.82, 2.24) is 24.1 Å². The first-order valence-electron chi connectivity index (χ1n) is 15.6. The second kappa shape index (κ2) is 13.6. The lowest BCUT2D eigenvalue weighted by atomic mass is 10.1. The van der Waals surface area contributed by atoms with Crippen LogP contribution in [0.3, 0.4) is 0 Å². The van der Waals surface area contributed by atoms with Gasteiger partial charge in [0.15, 0.2) is 11.4 Å². The molecule has 264 valence electrons. The van der Waals surface area contributed by atoms with Gasteiger partial charge in [0.25, 0.3) is 11.5 Å². The standard InChI is InChI=1S/C32H31ClF3N7O7/c1-3-22-26(40-8-10-41(11-9-40)28(46)25-23(44)14-17(2)50-30(25)48)29(47)43-31(38-27(39-43)18-6-12-49-13-7-18)42(22)16-24(45)37-21-5-4-19(15-20(21)33)32(34,35)36/h4-6,14-15,44H,3,7-13,16H2,1-2H3,(H,37,45). The Morgan fingerprint density at radius 2 is 1.86 bits per heavy atom. The number of fused-ring (bicyclic) bond motifs is 1. The number of benzene rings is 1. The minimum absolute atomic E-state index is 0.0380. The molecule has 5 heterocycles. The maximum atomic E-state index is 14.1. The van der Waals surface area contributed by atoms with Crippen LogP contribution in [0.5, 0.6) is 5.75 Å². The summed E-state index contributed by atoms with van der Waals surface area (Å²) in [5.74, 6) is -1.37. The zero-order chi connectivity index (χ0) is 35.9. The lowest BCUT2D eigenvalue weighted by molar-refractivity contribution is -0.137. The van der Waals surface area contributed by atoms with Gasteiger partial charge in [-0.05, 0) is 43.5 Å². The Balaban J connectivity index is 1.35. The number of amides is 2. The normalized spacial score (nSPS) is 15.4. The molecule has 18 heteroatoms. The number of hydrogen-bond acceptors (Lipinski definition) is 10. The van der Waals surface area contributed by atoms with E-state index in [1.165, 1.54) is 22.5 Å². The molecule has 1 aromatic carbocycles. The highest BCUT2D eigenvalue weighted by Gasteiger charge is 2.33. The molecule has 3 aromatic heterocycles. The molecule has 14 nitrogen and oxygen atoms in total. The zero-order valence-electron chi connectivity index (χ0n) is 26.8. The van der Waals surface area contributed by atoms with Crippen LogP contribution < -0.4 is 21.4 Å². The van der Waals surface area contributed by atoms with Crippen molar-refractivity contribution in [3.05, 3.63) is 84.5 Å². The van der Waals surface area contributed by atoms with E-state index in [4.69, 9.17) is 20.8 Å². The van der Waals surface area contributed by atoms with Crippen LogP contribution in [-0.2, 0) is 28.7 Å². The smallest absolute Gasteiger partial charge is 0.416 e. The van der Waals surface area contributed by atoms with Crippen molar-refractivity contribution in [3.8, 4) is 5.75 Å². The Kier molecular flexibility index (Phi) is 9.46. The molecule has 0 spiro atoms. The number of piperazine rings is 1. The first kappa shape index (κ1) is 34.7. The fraction of sp³-hybridized carbons (Fsp3) is 0.375. The molecule has 0 atom stereocenters. The van der Waals surface area contributed by atoms with Crippen molar-refractivity contribution in [2.45, 2.75) is 39.4 Å². The minimum atomic E-state index is -4.62. The Hall–Kier alpha value is -5.16. The van der Waals surface area contributed by atoms with E-state index in [9.17, 15) is 37.5 Å². The third kappa shape index (κ3) is 6.69. The molecule has 2 amide bonds. The van der Waals surface area contributed by atoms with Gasteiger partial charge in [0.05, 0.1) is 35.2 Å². The lowest BCUT2D eigenvalue weighted by Crippen LogP contribution is -2.51. The van der Waals surface area contributed by atoms with Gasteiger partial charge in [0.1, 0.15) is 23.7 Å². The monoisotopic (exact) mass is 717 g/mol. The van der Waals surface area contributed by atoms with Crippen LogP contribution in [0.4, 0.5) is 24.5 Å². The number of carbonyl (C=O) groups excluding carboxylic acids is 2. The summed E-state index contributed by atoms with van der Waals surface area (Å²) in [5, 5.41) is 17.0. The SMILES string of the molecule is CCc1c(N2CCN(C(=O)c3c(O)cc(C)oc3=O)CC2)c(=O)n2nc(C3=CCOCC3)nc2n1CC(=O)Nc1ccc(C(F)(F)F)cc1Cl. The summed E-state index contributed by atoms with van der Waals surface area (Å²) in [5.41, 5.74) is -1.59. The van der Waals surface area contributed by atoms with Crippen molar-refractivity contribution in [2.24, 2.45) is 0 Å². The average molecular weight is 718 g/mol. The van der Waals surface area contributed by atoms with E-state index in [-0.39, 0.29) is 66.4 Å². The van der Waals surface area contributed by atoms with Gasteiger partial charge in [-0.1, -0.05) is 24.6 Å². The van der Waals surface area contributed by atoms with Crippen molar-refractivity contribution in [1.29, 1.82) is 0 Å². The molecule has 2 aliphatic rings. The summed E-state index contributed by atoms with van der Waals surface area (Å²) in [7, 11) is 0. The van der Waals surface area contributed by atoms with Gasteiger partial charge in [-0.2, -0.15) is 22.7 Å². The van der Waals surface area contributed by atoms with E-state index in [0.29, 0.717) is 31.4 Å². The van der Waals surface area contributed by atoms with Crippen molar-refractivity contribution in [3.63, 3.8) is 0 Å². The van der Waals surface area contributed by atoms with Crippen LogP contribution in [0.15, 0.2) is 44.3 Å². The highest BCUT2D eigenvalue weighted by Crippen LogP contribution is 2.34. The van der Waals surface area contributed by atoms with Gasteiger partial charge in [-0.15, -0.1) is 5.10 Å². The fourth-order valence-electron chi connectivity index (χ4n) is 6.01. The molecule has 6 rings (SSSR count). The van der Waals surface area contributed by atoms with Crippen molar-refractivity contribution >= 4 is 46.1 Å².